The maximum Gasteiger partial charge on any atom is 0.0384 e. The molecule has 0 spiro atoms. The fourth-order valence-corrected chi connectivity index (χ4v) is 2.39. The van der Waals surface area contributed by atoms with Crippen molar-refractivity contribution in [2.45, 2.75) is 18.9 Å². The van der Waals surface area contributed by atoms with Crippen LogP contribution in [0, 0.1) is 0 Å². The van der Waals surface area contributed by atoms with Gasteiger partial charge in [0.05, 0.1) is 0 Å². The van der Waals surface area contributed by atoms with Gasteiger partial charge in [-0.15, -0.1) is 0 Å². The van der Waals surface area contributed by atoms with Crippen molar-refractivity contribution < 1.29 is 0 Å². The molecule has 0 radical (unpaired) electrons. The minimum Gasteiger partial charge on any atom is -0.399 e. The van der Waals surface area contributed by atoms with Crippen LogP contribution in [0.15, 0.2) is 24.3 Å². The Morgan fingerprint density at radius 2 is 2.31 bits per heavy atom. The van der Waals surface area contributed by atoms with Crippen LogP contribution in [-0.2, 0) is 0 Å². The van der Waals surface area contributed by atoms with Crippen molar-refractivity contribution in [1.29, 1.82) is 0 Å². The van der Waals surface area contributed by atoms with E-state index < -0.39 is 0 Å². The molecule has 1 atom stereocenters. The molecule has 0 bridgehead atoms. The smallest absolute Gasteiger partial charge is 0.0384 e. The van der Waals surface area contributed by atoms with E-state index in [1.54, 1.807) is 0 Å². The molecule has 3 nitrogen and oxygen atoms in total. The fourth-order valence-electron chi connectivity index (χ4n) is 2.39. The molecule has 0 aromatic heterocycles. The summed E-state index contributed by atoms with van der Waals surface area (Å²) in [5.41, 5.74) is 7.84. The molecule has 1 aliphatic heterocycles. The van der Waals surface area contributed by atoms with Crippen molar-refractivity contribution in [3.8, 4) is 0 Å². The van der Waals surface area contributed by atoms with Crippen LogP contribution in [0.1, 0.15) is 12.8 Å². The van der Waals surface area contributed by atoms with Gasteiger partial charge in [-0.25, -0.2) is 0 Å². The van der Waals surface area contributed by atoms with Gasteiger partial charge in [-0.2, -0.15) is 0 Å². The molecule has 1 aromatic carbocycles. The average molecular weight is 219 g/mol. The Labute approximate surface area is 97.8 Å². The number of nitrogen functional groups attached to an aromatic ring is 1. The molecule has 3 heteroatoms. The van der Waals surface area contributed by atoms with Crippen molar-refractivity contribution in [2.75, 3.05) is 37.8 Å². The van der Waals surface area contributed by atoms with Gasteiger partial charge in [0.25, 0.3) is 0 Å². The van der Waals surface area contributed by atoms with Gasteiger partial charge in [-0.3, -0.25) is 0 Å². The molecule has 1 aromatic rings. The normalized spacial score (nSPS) is 21.2. The fraction of sp³-hybridized carbons (Fsp3) is 0.538. The lowest BCUT2D eigenvalue weighted by atomic mass is 10.2. The maximum atomic E-state index is 5.79. The summed E-state index contributed by atoms with van der Waals surface area (Å²) < 4.78 is 0. The first-order valence-electron chi connectivity index (χ1n) is 5.94. The molecule has 1 fully saturated rings. The number of nitrogens with zero attached hydrogens (tertiary/aromatic N) is 2. The number of hydrogen-bond acceptors (Lipinski definition) is 3. The van der Waals surface area contributed by atoms with E-state index in [-0.39, 0.29) is 0 Å². The van der Waals surface area contributed by atoms with Gasteiger partial charge in [0.15, 0.2) is 0 Å². The highest BCUT2D eigenvalue weighted by Crippen LogP contribution is 2.20. The summed E-state index contributed by atoms with van der Waals surface area (Å²) in [5, 5.41) is 0. The van der Waals surface area contributed by atoms with Crippen LogP contribution in [0.5, 0.6) is 0 Å². The van der Waals surface area contributed by atoms with Gasteiger partial charge in [-0.05, 0) is 44.6 Å². The zero-order chi connectivity index (χ0) is 11.5. The summed E-state index contributed by atoms with van der Waals surface area (Å²) in [5.74, 6) is 0. The molecule has 2 N–H and O–H groups in total. The van der Waals surface area contributed by atoms with Crippen molar-refractivity contribution in [1.82, 2.24) is 4.90 Å². The lowest BCUT2D eigenvalue weighted by Gasteiger charge is -2.27. The summed E-state index contributed by atoms with van der Waals surface area (Å²) >= 11 is 0. The van der Waals surface area contributed by atoms with Gasteiger partial charge in [0, 0.05) is 31.0 Å². The summed E-state index contributed by atoms with van der Waals surface area (Å²) in [7, 11) is 4.35. The Morgan fingerprint density at radius 1 is 1.50 bits per heavy atom. The van der Waals surface area contributed by atoms with Crippen LogP contribution < -0.4 is 10.6 Å². The van der Waals surface area contributed by atoms with Gasteiger partial charge in [0.2, 0.25) is 0 Å². The third-order valence-corrected chi connectivity index (χ3v) is 3.47. The second-order valence-corrected chi connectivity index (χ2v) is 4.75. The Balaban J connectivity index is 1.99. The van der Waals surface area contributed by atoms with E-state index in [1.807, 2.05) is 18.2 Å². The van der Waals surface area contributed by atoms with Crippen LogP contribution >= 0.6 is 0 Å². The molecule has 2 rings (SSSR count). The average Bonchev–Trinajstić information content (AvgIpc) is 2.64. The van der Waals surface area contributed by atoms with Crippen LogP contribution in [0.25, 0.3) is 0 Å². The minimum absolute atomic E-state index is 0.687. The summed E-state index contributed by atoms with van der Waals surface area (Å²) in [6.07, 6.45) is 2.63. The predicted molar refractivity (Wildman–Crippen MR) is 69.8 cm³/mol. The molecule has 0 amide bonds. The second-order valence-electron chi connectivity index (χ2n) is 4.75. The molecule has 1 aliphatic rings. The summed E-state index contributed by atoms with van der Waals surface area (Å²) in [4.78, 5) is 4.74. The summed E-state index contributed by atoms with van der Waals surface area (Å²) in [6, 6.07) is 8.78. The molecule has 0 saturated carbocycles. The number of benzene rings is 1. The molecule has 1 heterocycles. The monoisotopic (exact) mass is 219 g/mol. The molecule has 16 heavy (non-hydrogen) atoms. The number of rotatable bonds is 3. The lowest BCUT2D eigenvalue weighted by Crippen LogP contribution is -2.36. The molecule has 1 saturated heterocycles. The maximum absolute atomic E-state index is 5.79. The van der Waals surface area contributed by atoms with E-state index in [2.05, 4.69) is 30.0 Å². The quantitative estimate of drug-likeness (QED) is 0.787. The Bertz CT molecular complexity index is 351. The third kappa shape index (κ3) is 2.47. The predicted octanol–water partition coefficient (Wildman–Crippen LogP) is 1.80. The Kier molecular flexibility index (Phi) is 3.34. The molecule has 0 aliphatic carbocycles. The minimum atomic E-state index is 0.687. The molecule has 88 valence electrons. The zero-order valence-corrected chi connectivity index (χ0v) is 10.2. The van der Waals surface area contributed by atoms with Crippen molar-refractivity contribution in [3.63, 3.8) is 0 Å². The second kappa shape index (κ2) is 4.74. The van der Waals surface area contributed by atoms with E-state index in [9.17, 15) is 0 Å². The van der Waals surface area contributed by atoms with Crippen LogP contribution in [0.4, 0.5) is 11.4 Å². The largest absolute Gasteiger partial charge is 0.399 e. The number of likely N-dealkylation sites (N-methyl/N-ethyl adjacent to an activating group) is 2. The first kappa shape index (κ1) is 11.3. The highest BCUT2D eigenvalue weighted by molar-refractivity contribution is 5.55. The highest BCUT2D eigenvalue weighted by Gasteiger charge is 2.22. The lowest BCUT2D eigenvalue weighted by molar-refractivity contribution is 0.314. The highest BCUT2D eigenvalue weighted by atomic mass is 15.2. The van der Waals surface area contributed by atoms with E-state index >= 15 is 0 Å². The van der Waals surface area contributed by atoms with Gasteiger partial charge < -0.3 is 15.5 Å². The number of hydrogen-bond donors (Lipinski definition) is 1. The standard InChI is InChI=1S/C13H21N3/c1-15-8-4-7-13(15)10-16(2)12-6-3-5-11(14)9-12/h3,5-6,9,13H,4,7-8,10,14H2,1-2H3. The molecular formula is C13H21N3. The van der Waals surface area contributed by atoms with Crippen LogP contribution in [-0.4, -0.2) is 38.1 Å². The Hall–Kier alpha value is -1.22. The molecular weight excluding hydrogens is 198 g/mol. The zero-order valence-electron chi connectivity index (χ0n) is 10.2. The van der Waals surface area contributed by atoms with E-state index in [0.29, 0.717) is 6.04 Å². The number of anilines is 2. The Morgan fingerprint density at radius 3 is 2.94 bits per heavy atom. The summed E-state index contributed by atoms with van der Waals surface area (Å²) in [6.45, 7) is 2.31. The first-order valence-corrected chi connectivity index (χ1v) is 5.94. The van der Waals surface area contributed by atoms with Gasteiger partial charge in [0.1, 0.15) is 0 Å². The third-order valence-electron chi connectivity index (χ3n) is 3.47. The SMILES string of the molecule is CN(CC1CCCN1C)c1cccc(N)c1. The van der Waals surface area contributed by atoms with Crippen molar-refractivity contribution >= 4 is 11.4 Å². The van der Waals surface area contributed by atoms with Crippen LogP contribution in [0.2, 0.25) is 0 Å². The van der Waals surface area contributed by atoms with Crippen molar-refractivity contribution in [2.24, 2.45) is 0 Å². The van der Waals surface area contributed by atoms with Gasteiger partial charge in [-0.1, -0.05) is 6.07 Å². The molecule has 1 unspecified atom stereocenters. The topological polar surface area (TPSA) is 32.5 Å². The van der Waals surface area contributed by atoms with Gasteiger partial charge >= 0.3 is 0 Å². The number of nitrogens with two attached hydrogens (primary N) is 1. The van der Waals surface area contributed by atoms with Crippen LogP contribution in [0.3, 0.4) is 0 Å². The van der Waals surface area contributed by atoms with E-state index in [4.69, 9.17) is 5.73 Å². The van der Waals surface area contributed by atoms with Crippen molar-refractivity contribution in [3.05, 3.63) is 24.3 Å². The number of likely N-dealkylation sites (tertiary alicyclic amines) is 1. The van der Waals surface area contributed by atoms with E-state index in [1.165, 1.54) is 25.1 Å². The van der Waals surface area contributed by atoms with E-state index in [0.717, 1.165) is 12.2 Å². The first-order chi connectivity index (χ1) is 7.66.